The predicted octanol–water partition coefficient (Wildman–Crippen LogP) is 4.39. The van der Waals surface area contributed by atoms with Crippen LogP contribution in [0.5, 0.6) is 5.75 Å². The molecular weight excluding hydrogens is 208 g/mol. The lowest BCUT2D eigenvalue weighted by Gasteiger charge is -2.15. The molecule has 0 saturated heterocycles. The Kier molecular flexibility index (Phi) is 3.81. The molecule has 0 aliphatic heterocycles. The second-order valence-electron chi connectivity index (χ2n) is 4.17. The molecule has 0 bridgehead atoms. The van der Waals surface area contributed by atoms with Gasteiger partial charge in [0.1, 0.15) is 11.9 Å². The maximum atomic E-state index is 5.94. The summed E-state index contributed by atoms with van der Waals surface area (Å²) in [5, 5.41) is 0. The van der Waals surface area contributed by atoms with Gasteiger partial charge in [-0.2, -0.15) is 0 Å². The van der Waals surface area contributed by atoms with E-state index in [1.165, 1.54) is 11.1 Å². The molecule has 1 atom stereocenters. The summed E-state index contributed by atoms with van der Waals surface area (Å²) in [5.41, 5.74) is 2.51. The summed E-state index contributed by atoms with van der Waals surface area (Å²) in [6.07, 6.45) is 1.13. The molecule has 1 heteroatoms. The average molecular weight is 226 g/mol. The Labute approximate surface area is 103 Å². The zero-order valence-electron chi connectivity index (χ0n) is 10.4. The van der Waals surface area contributed by atoms with Gasteiger partial charge in [-0.3, -0.25) is 0 Å². The fourth-order valence-electron chi connectivity index (χ4n) is 1.83. The van der Waals surface area contributed by atoms with Crippen molar-refractivity contribution in [2.45, 2.75) is 26.4 Å². The lowest BCUT2D eigenvalue weighted by molar-refractivity contribution is 0.227. The minimum absolute atomic E-state index is 0.0864. The number of hydrogen-bond acceptors (Lipinski definition) is 1. The lowest BCUT2D eigenvalue weighted by Crippen LogP contribution is -2.02. The molecule has 0 aliphatic carbocycles. The van der Waals surface area contributed by atoms with E-state index in [0.29, 0.717) is 0 Å². The van der Waals surface area contributed by atoms with E-state index < -0.39 is 0 Å². The number of ether oxygens (including phenoxy) is 1. The van der Waals surface area contributed by atoms with Crippen LogP contribution < -0.4 is 4.74 Å². The maximum Gasteiger partial charge on any atom is 0.121 e. The first-order chi connectivity index (χ1) is 8.29. The van der Waals surface area contributed by atoms with Gasteiger partial charge in [0.2, 0.25) is 0 Å². The van der Waals surface area contributed by atoms with E-state index in [4.69, 9.17) is 4.74 Å². The van der Waals surface area contributed by atoms with Crippen LogP contribution in [-0.4, -0.2) is 0 Å². The fraction of sp³-hybridized carbons (Fsp3) is 0.250. The summed E-state index contributed by atoms with van der Waals surface area (Å²) >= 11 is 0. The Bertz CT molecular complexity index is 462. The quantitative estimate of drug-likeness (QED) is 0.751. The second-order valence-corrected chi connectivity index (χ2v) is 4.17. The van der Waals surface area contributed by atoms with Crippen molar-refractivity contribution in [1.29, 1.82) is 0 Å². The van der Waals surface area contributed by atoms with Gasteiger partial charge in [-0.1, -0.05) is 49.4 Å². The molecule has 2 aromatic carbocycles. The molecule has 0 radical (unpaired) electrons. The molecule has 0 spiro atoms. The van der Waals surface area contributed by atoms with Crippen molar-refractivity contribution in [3.63, 3.8) is 0 Å². The third kappa shape index (κ3) is 3.10. The summed E-state index contributed by atoms with van der Waals surface area (Å²) in [6.45, 7) is 4.23. The van der Waals surface area contributed by atoms with Crippen LogP contribution >= 0.6 is 0 Å². The lowest BCUT2D eigenvalue weighted by atomic mass is 10.1. The molecular formula is C16H18O. The highest BCUT2D eigenvalue weighted by molar-refractivity contribution is 5.29. The molecule has 0 aromatic heterocycles. The summed E-state index contributed by atoms with van der Waals surface area (Å²) in [4.78, 5) is 0. The largest absolute Gasteiger partial charge is 0.486 e. The Hall–Kier alpha value is -1.76. The van der Waals surface area contributed by atoms with E-state index in [0.717, 1.165) is 12.2 Å². The Morgan fingerprint density at radius 2 is 1.76 bits per heavy atom. The second kappa shape index (κ2) is 5.53. The van der Waals surface area contributed by atoms with Gasteiger partial charge in [0.05, 0.1) is 0 Å². The van der Waals surface area contributed by atoms with E-state index in [1.54, 1.807) is 0 Å². The molecule has 0 aliphatic rings. The van der Waals surface area contributed by atoms with Crippen molar-refractivity contribution in [1.82, 2.24) is 0 Å². The molecule has 0 N–H and O–H groups in total. The highest BCUT2D eigenvalue weighted by Crippen LogP contribution is 2.22. The molecule has 0 fully saturated rings. The molecule has 0 saturated carbocycles. The zero-order chi connectivity index (χ0) is 12.1. The highest BCUT2D eigenvalue weighted by atomic mass is 16.5. The first-order valence-electron chi connectivity index (χ1n) is 6.10. The van der Waals surface area contributed by atoms with Crippen LogP contribution in [0, 0.1) is 0 Å². The maximum absolute atomic E-state index is 5.94. The summed E-state index contributed by atoms with van der Waals surface area (Å²) in [6, 6.07) is 18.6. The average Bonchev–Trinajstić information content (AvgIpc) is 2.40. The van der Waals surface area contributed by atoms with Gasteiger partial charge in [-0.25, -0.2) is 0 Å². The van der Waals surface area contributed by atoms with Crippen LogP contribution in [0.2, 0.25) is 0 Å². The van der Waals surface area contributed by atoms with E-state index in [1.807, 2.05) is 30.3 Å². The topological polar surface area (TPSA) is 9.23 Å². The molecule has 1 unspecified atom stereocenters. The van der Waals surface area contributed by atoms with Gasteiger partial charge < -0.3 is 4.74 Å². The van der Waals surface area contributed by atoms with Crippen molar-refractivity contribution < 1.29 is 4.74 Å². The van der Waals surface area contributed by atoms with Gasteiger partial charge in [-0.05, 0) is 36.6 Å². The Morgan fingerprint density at radius 1 is 1.00 bits per heavy atom. The third-order valence-corrected chi connectivity index (χ3v) is 2.89. The van der Waals surface area contributed by atoms with Crippen LogP contribution in [0.25, 0.3) is 0 Å². The number of benzene rings is 2. The zero-order valence-corrected chi connectivity index (χ0v) is 10.4. The summed E-state index contributed by atoms with van der Waals surface area (Å²) in [7, 11) is 0. The minimum atomic E-state index is 0.0864. The molecule has 17 heavy (non-hydrogen) atoms. The Morgan fingerprint density at radius 3 is 2.47 bits per heavy atom. The van der Waals surface area contributed by atoms with Crippen LogP contribution in [0.4, 0.5) is 0 Å². The normalized spacial score (nSPS) is 12.1. The predicted molar refractivity (Wildman–Crippen MR) is 71.3 cm³/mol. The molecule has 1 nitrogen and oxygen atoms in total. The van der Waals surface area contributed by atoms with Crippen LogP contribution in [-0.2, 0) is 6.42 Å². The smallest absolute Gasteiger partial charge is 0.121 e. The van der Waals surface area contributed by atoms with Crippen molar-refractivity contribution in [2.75, 3.05) is 0 Å². The molecule has 88 valence electrons. The molecule has 0 heterocycles. The van der Waals surface area contributed by atoms with E-state index >= 15 is 0 Å². The van der Waals surface area contributed by atoms with E-state index in [9.17, 15) is 0 Å². The van der Waals surface area contributed by atoms with Gasteiger partial charge in [-0.15, -0.1) is 0 Å². The Balaban J connectivity index is 2.10. The van der Waals surface area contributed by atoms with Crippen molar-refractivity contribution in [3.05, 3.63) is 65.7 Å². The fourth-order valence-corrected chi connectivity index (χ4v) is 1.83. The van der Waals surface area contributed by atoms with Crippen molar-refractivity contribution in [2.24, 2.45) is 0 Å². The SMILES string of the molecule is CCc1cccc(OC(C)c2ccccc2)c1. The summed E-state index contributed by atoms with van der Waals surface area (Å²) < 4.78 is 5.94. The molecule has 0 amide bonds. The monoisotopic (exact) mass is 226 g/mol. The first kappa shape index (κ1) is 11.7. The van der Waals surface area contributed by atoms with Crippen LogP contribution in [0.3, 0.4) is 0 Å². The van der Waals surface area contributed by atoms with E-state index in [2.05, 4.69) is 38.1 Å². The highest BCUT2D eigenvalue weighted by Gasteiger charge is 2.06. The summed E-state index contributed by atoms with van der Waals surface area (Å²) in [5.74, 6) is 0.945. The van der Waals surface area contributed by atoms with E-state index in [-0.39, 0.29) is 6.10 Å². The minimum Gasteiger partial charge on any atom is -0.486 e. The molecule has 2 rings (SSSR count). The number of rotatable bonds is 4. The standard InChI is InChI=1S/C16H18O/c1-3-14-8-7-11-16(12-14)17-13(2)15-9-5-4-6-10-15/h4-13H,3H2,1-2H3. The number of hydrogen-bond donors (Lipinski definition) is 0. The van der Waals surface area contributed by atoms with Crippen molar-refractivity contribution in [3.8, 4) is 5.75 Å². The van der Waals surface area contributed by atoms with Crippen LogP contribution in [0.15, 0.2) is 54.6 Å². The molecule has 2 aromatic rings. The van der Waals surface area contributed by atoms with Gasteiger partial charge in [0.15, 0.2) is 0 Å². The van der Waals surface area contributed by atoms with Crippen LogP contribution in [0.1, 0.15) is 31.1 Å². The van der Waals surface area contributed by atoms with Gasteiger partial charge >= 0.3 is 0 Å². The third-order valence-electron chi connectivity index (χ3n) is 2.89. The van der Waals surface area contributed by atoms with Gasteiger partial charge in [0, 0.05) is 0 Å². The first-order valence-corrected chi connectivity index (χ1v) is 6.10. The van der Waals surface area contributed by atoms with Gasteiger partial charge in [0.25, 0.3) is 0 Å². The van der Waals surface area contributed by atoms with Crippen molar-refractivity contribution >= 4 is 0 Å². The number of aryl methyl sites for hydroxylation is 1.